The van der Waals surface area contributed by atoms with E-state index in [1.165, 1.54) is 23.2 Å². The standard InChI is InChI=1S/C24H25F3N6O2/c25-24(26,27)20-4-1-3-18(15-20)23(35)33-13-11-32(12-14-33)21-6-5-19(16-30-21)22(34)29-7-2-9-31-10-8-28-17-31/h1,3-6,8,10,15-17H,2,7,9,11-14H2,(H,29,34). The summed E-state index contributed by atoms with van der Waals surface area (Å²) in [5.41, 5.74) is -0.366. The Labute approximate surface area is 200 Å². The number of carbonyl (C=O) groups is 2. The number of hydrogen-bond acceptors (Lipinski definition) is 5. The van der Waals surface area contributed by atoms with Crippen molar-refractivity contribution in [3.63, 3.8) is 0 Å². The van der Waals surface area contributed by atoms with Crippen LogP contribution < -0.4 is 10.2 Å². The Hall–Kier alpha value is -3.89. The fourth-order valence-corrected chi connectivity index (χ4v) is 3.84. The molecule has 0 unspecified atom stereocenters. The van der Waals surface area contributed by atoms with Crippen LogP contribution in [0.2, 0.25) is 0 Å². The van der Waals surface area contributed by atoms with E-state index in [2.05, 4.69) is 15.3 Å². The molecule has 0 radical (unpaired) electrons. The lowest BCUT2D eigenvalue weighted by Crippen LogP contribution is -2.49. The maximum Gasteiger partial charge on any atom is 0.416 e. The van der Waals surface area contributed by atoms with Crippen LogP contribution in [0.3, 0.4) is 0 Å². The normalized spacial score (nSPS) is 14.1. The van der Waals surface area contributed by atoms with Crippen molar-refractivity contribution in [2.45, 2.75) is 19.1 Å². The molecule has 11 heteroatoms. The second kappa shape index (κ2) is 10.6. The van der Waals surface area contributed by atoms with Gasteiger partial charge in [-0.1, -0.05) is 6.07 Å². The summed E-state index contributed by atoms with van der Waals surface area (Å²) in [6.45, 7) is 2.97. The van der Waals surface area contributed by atoms with E-state index < -0.39 is 17.6 Å². The van der Waals surface area contributed by atoms with Crippen molar-refractivity contribution in [2.24, 2.45) is 0 Å². The number of nitrogens with one attached hydrogen (secondary N) is 1. The van der Waals surface area contributed by atoms with Gasteiger partial charge in [0.15, 0.2) is 0 Å². The first kappa shape index (κ1) is 24.2. The quantitative estimate of drug-likeness (QED) is 0.519. The van der Waals surface area contributed by atoms with E-state index in [1.807, 2.05) is 15.7 Å². The van der Waals surface area contributed by atoms with Crippen molar-refractivity contribution in [3.8, 4) is 0 Å². The van der Waals surface area contributed by atoms with Crippen LogP contribution in [-0.4, -0.2) is 64.0 Å². The van der Waals surface area contributed by atoms with Gasteiger partial charge in [0.25, 0.3) is 11.8 Å². The second-order valence-electron chi connectivity index (χ2n) is 8.17. The lowest BCUT2D eigenvalue weighted by Gasteiger charge is -2.35. The molecule has 0 aliphatic carbocycles. The zero-order chi connectivity index (χ0) is 24.8. The minimum Gasteiger partial charge on any atom is -0.353 e. The van der Waals surface area contributed by atoms with Gasteiger partial charge in [-0.2, -0.15) is 13.2 Å². The molecule has 8 nitrogen and oxygen atoms in total. The van der Waals surface area contributed by atoms with E-state index in [4.69, 9.17) is 0 Å². The second-order valence-corrected chi connectivity index (χ2v) is 8.17. The predicted octanol–water partition coefficient (Wildman–Crippen LogP) is 3.08. The van der Waals surface area contributed by atoms with E-state index in [0.717, 1.165) is 25.1 Å². The number of nitrogens with zero attached hydrogens (tertiary/aromatic N) is 5. The lowest BCUT2D eigenvalue weighted by molar-refractivity contribution is -0.137. The van der Waals surface area contributed by atoms with E-state index in [9.17, 15) is 22.8 Å². The first-order valence-electron chi connectivity index (χ1n) is 11.2. The Morgan fingerprint density at radius 1 is 1.03 bits per heavy atom. The van der Waals surface area contributed by atoms with E-state index in [-0.39, 0.29) is 11.5 Å². The molecule has 1 fully saturated rings. The van der Waals surface area contributed by atoms with Gasteiger partial charge >= 0.3 is 6.18 Å². The molecule has 0 bridgehead atoms. The van der Waals surface area contributed by atoms with Gasteiger partial charge in [-0.15, -0.1) is 0 Å². The first-order chi connectivity index (χ1) is 16.8. The van der Waals surface area contributed by atoms with Crippen LogP contribution in [-0.2, 0) is 12.7 Å². The molecule has 1 aliphatic heterocycles. The number of pyridine rings is 1. The van der Waals surface area contributed by atoms with Crippen LogP contribution in [0.5, 0.6) is 0 Å². The fourth-order valence-electron chi connectivity index (χ4n) is 3.84. The fraction of sp³-hybridized carbons (Fsp3) is 0.333. The summed E-state index contributed by atoms with van der Waals surface area (Å²) in [5.74, 6) is 0.0442. The van der Waals surface area contributed by atoms with Gasteiger partial charge in [0.05, 0.1) is 17.5 Å². The van der Waals surface area contributed by atoms with Crippen molar-refractivity contribution in [3.05, 3.63) is 78.0 Å². The minimum atomic E-state index is -4.50. The van der Waals surface area contributed by atoms with Crippen LogP contribution in [0.25, 0.3) is 0 Å². The molecule has 1 saturated heterocycles. The van der Waals surface area contributed by atoms with Crippen molar-refractivity contribution < 1.29 is 22.8 Å². The largest absolute Gasteiger partial charge is 0.416 e. The average Bonchev–Trinajstić information content (AvgIpc) is 3.39. The third kappa shape index (κ3) is 6.17. The van der Waals surface area contributed by atoms with Crippen molar-refractivity contribution in [1.29, 1.82) is 0 Å². The van der Waals surface area contributed by atoms with Gasteiger partial charge in [0.1, 0.15) is 5.82 Å². The molecule has 3 aromatic rings. The molecule has 0 spiro atoms. The maximum atomic E-state index is 13.0. The van der Waals surface area contributed by atoms with E-state index in [0.29, 0.717) is 44.1 Å². The number of carbonyl (C=O) groups excluding carboxylic acids is 2. The number of anilines is 1. The summed E-state index contributed by atoms with van der Waals surface area (Å²) in [4.78, 5) is 36.9. The van der Waals surface area contributed by atoms with Crippen molar-refractivity contribution in [2.75, 3.05) is 37.6 Å². The van der Waals surface area contributed by atoms with Gasteiger partial charge in [0, 0.05) is 63.4 Å². The SMILES string of the molecule is O=C(NCCCn1ccnc1)c1ccc(N2CCN(C(=O)c3cccc(C(F)(F)F)c3)CC2)nc1. The molecule has 2 aromatic heterocycles. The molecule has 184 valence electrons. The Morgan fingerprint density at radius 2 is 1.83 bits per heavy atom. The highest BCUT2D eigenvalue weighted by Gasteiger charge is 2.31. The number of alkyl halides is 3. The van der Waals surface area contributed by atoms with Crippen molar-refractivity contribution in [1.82, 2.24) is 24.8 Å². The number of hydrogen-bond donors (Lipinski definition) is 1. The molecular formula is C24H25F3N6O2. The Bertz CT molecular complexity index is 1140. The molecule has 3 heterocycles. The minimum absolute atomic E-state index is 0.0202. The zero-order valence-electron chi connectivity index (χ0n) is 18.9. The topological polar surface area (TPSA) is 83.4 Å². The van der Waals surface area contributed by atoms with Crippen LogP contribution in [0.1, 0.15) is 32.7 Å². The summed E-state index contributed by atoms with van der Waals surface area (Å²) in [7, 11) is 0. The Kier molecular flexibility index (Phi) is 7.33. The number of imidazole rings is 1. The number of benzene rings is 1. The molecule has 0 atom stereocenters. The maximum absolute atomic E-state index is 13.0. The summed E-state index contributed by atoms with van der Waals surface area (Å²) < 4.78 is 40.8. The van der Waals surface area contributed by atoms with Crippen LogP contribution in [0, 0.1) is 0 Å². The third-order valence-corrected chi connectivity index (χ3v) is 5.78. The van der Waals surface area contributed by atoms with Crippen LogP contribution in [0.15, 0.2) is 61.3 Å². The lowest BCUT2D eigenvalue weighted by atomic mass is 10.1. The smallest absolute Gasteiger partial charge is 0.353 e. The molecule has 1 aliphatic rings. The highest BCUT2D eigenvalue weighted by Crippen LogP contribution is 2.30. The number of aromatic nitrogens is 3. The number of halogens is 3. The molecular weight excluding hydrogens is 461 g/mol. The van der Waals surface area contributed by atoms with Gasteiger partial charge in [-0.3, -0.25) is 9.59 Å². The van der Waals surface area contributed by atoms with Crippen LogP contribution in [0.4, 0.5) is 19.0 Å². The third-order valence-electron chi connectivity index (χ3n) is 5.78. The summed E-state index contributed by atoms with van der Waals surface area (Å²) in [6.07, 6.45) is 3.10. The predicted molar refractivity (Wildman–Crippen MR) is 123 cm³/mol. The highest BCUT2D eigenvalue weighted by atomic mass is 19.4. The number of piperazine rings is 1. The summed E-state index contributed by atoms with van der Waals surface area (Å²) in [5, 5.41) is 2.87. The summed E-state index contributed by atoms with van der Waals surface area (Å²) >= 11 is 0. The molecule has 0 saturated carbocycles. The van der Waals surface area contributed by atoms with Crippen LogP contribution >= 0.6 is 0 Å². The highest BCUT2D eigenvalue weighted by molar-refractivity contribution is 5.95. The molecule has 1 aromatic carbocycles. The van der Waals surface area contributed by atoms with Gasteiger partial charge in [-0.25, -0.2) is 9.97 Å². The van der Waals surface area contributed by atoms with E-state index >= 15 is 0 Å². The van der Waals surface area contributed by atoms with Gasteiger partial charge in [0.2, 0.25) is 0 Å². The molecule has 2 amide bonds. The number of rotatable bonds is 7. The first-order valence-corrected chi connectivity index (χ1v) is 11.2. The molecule has 1 N–H and O–H groups in total. The Morgan fingerprint density at radius 3 is 2.49 bits per heavy atom. The molecule has 4 rings (SSSR count). The summed E-state index contributed by atoms with van der Waals surface area (Å²) in [6, 6.07) is 7.93. The van der Waals surface area contributed by atoms with Crippen molar-refractivity contribution >= 4 is 17.6 Å². The monoisotopic (exact) mass is 486 g/mol. The Balaban J connectivity index is 1.26. The average molecular weight is 486 g/mol. The van der Waals surface area contributed by atoms with E-state index in [1.54, 1.807) is 24.7 Å². The number of aryl methyl sites for hydroxylation is 1. The molecule has 35 heavy (non-hydrogen) atoms. The van der Waals surface area contributed by atoms with Gasteiger partial charge in [-0.05, 0) is 36.8 Å². The number of amides is 2. The zero-order valence-corrected chi connectivity index (χ0v) is 18.9. The van der Waals surface area contributed by atoms with Gasteiger partial charge < -0.3 is 19.7 Å².